The normalized spacial score (nSPS) is 11.4. The standard InChI is InChI=1S/C10H9NO3/c1-14-8-4-2-3-7(5-8)9(6-11)10(12)13/h2-5,9H,1H3,(H,12,13). The van der Waals surface area contributed by atoms with Gasteiger partial charge in [0, 0.05) is 0 Å². The van der Waals surface area contributed by atoms with E-state index < -0.39 is 11.9 Å². The number of rotatable bonds is 3. The first-order chi connectivity index (χ1) is 6.69. The molecule has 0 spiro atoms. The highest BCUT2D eigenvalue weighted by Crippen LogP contribution is 2.20. The molecule has 1 aromatic carbocycles. The summed E-state index contributed by atoms with van der Waals surface area (Å²) in [6.45, 7) is 0. The van der Waals surface area contributed by atoms with Crippen molar-refractivity contribution in [3.05, 3.63) is 29.8 Å². The fourth-order valence-electron chi connectivity index (χ4n) is 1.09. The lowest BCUT2D eigenvalue weighted by molar-refractivity contribution is -0.137. The van der Waals surface area contributed by atoms with Gasteiger partial charge in [-0.15, -0.1) is 0 Å². The minimum absolute atomic E-state index is 0.430. The molecule has 72 valence electrons. The number of hydrogen-bond acceptors (Lipinski definition) is 3. The summed E-state index contributed by atoms with van der Waals surface area (Å²) in [6.07, 6.45) is 0. The number of carbonyl (C=O) groups is 1. The van der Waals surface area contributed by atoms with Gasteiger partial charge in [0.15, 0.2) is 5.92 Å². The van der Waals surface area contributed by atoms with Crippen LogP contribution in [0, 0.1) is 11.3 Å². The van der Waals surface area contributed by atoms with Crippen LogP contribution < -0.4 is 4.74 Å². The van der Waals surface area contributed by atoms with Crippen LogP contribution in [-0.2, 0) is 4.79 Å². The topological polar surface area (TPSA) is 70.3 Å². The van der Waals surface area contributed by atoms with E-state index in [0.29, 0.717) is 11.3 Å². The maximum Gasteiger partial charge on any atom is 0.325 e. The minimum atomic E-state index is -1.15. The van der Waals surface area contributed by atoms with Crippen LogP contribution in [0.5, 0.6) is 5.75 Å². The third-order valence-electron chi connectivity index (χ3n) is 1.80. The summed E-state index contributed by atoms with van der Waals surface area (Å²) in [6, 6.07) is 8.19. The van der Waals surface area contributed by atoms with Crippen LogP contribution in [0.25, 0.3) is 0 Å². The van der Waals surface area contributed by atoms with Gasteiger partial charge in [0.25, 0.3) is 0 Å². The molecule has 0 heterocycles. The molecular weight excluding hydrogens is 182 g/mol. The van der Waals surface area contributed by atoms with Crippen LogP contribution in [0.4, 0.5) is 0 Å². The number of ether oxygens (including phenoxy) is 1. The summed E-state index contributed by atoms with van der Waals surface area (Å²) in [5.74, 6) is -1.74. The molecule has 0 saturated carbocycles. The molecule has 1 rings (SSSR count). The molecule has 0 amide bonds. The van der Waals surface area contributed by atoms with E-state index in [4.69, 9.17) is 15.1 Å². The maximum absolute atomic E-state index is 10.7. The second-order valence-corrected chi connectivity index (χ2v) is 2.68. The molecule has 4 heteroatoms. The van der Waals surface area contributed by atoms with Gasteiger partial charge in [0.1, 0.15) is 5.75 Å². The molecule has 0 aliphatic rings. The van der Waals surface area contributed by atoms with E-state index in [9.17, 15) is 4.79 Å². The van der Waals surface area contributed by atoms with Crippen LogP contribution >= 0.6 is 0 Å². The molecule has 14 heavy (non-hydrogen) atoms. The second kappa shape index (κ2) is 4.28. The van der Waals surface area contributed by atoms with Gasteiger partial charge >= 0.3 is 5.97 Å². The highest BCUT2D eigenvalue weighted by Gasteiger charge is 2.18. The van der Waals surface area contributed by atoms with Gasteiger partial charge in [-0.1, -0.05) is 12.1 Å². The van der Waals surface area contributed by atoms with E-state index in [2.05, 4.69) is 0 Å². The van der Waals surface area contributed by atoms with Gasteiger partial charge in [-0.3, -0.25) is 4.79 Å². The van der Waals surface area contributed by atoms with Crippen LogP contribution in [0.1, 0.15) is 11.5 Å². The second-order valence-electron chi connectivity index (χ2n) is 2.68. The van der Waals surface area contributed by atoms with E-state index in [1.807, 2.05) is 0 Å². The highest BCUT2D eigenvalue weighted by atomic mass is 16.5. The number of nitrogens with zero attached hydrogens (tertiary/aromatic N) is 1. The van der Waals surface area contributed by atoms with E-state index >= 15 is 0 Å². The quantitative estimate of drug-likeness (QED) is 0.783. The van der Waals surface area contributed by atoms with Gasteiger partial charge < -0.3 is 9.84 Å². The Morgan fingerprint density at radius 3 is 2.86 bits per heavy atom. The molecule has 0 saturated heterocycles. The maximum atomic E-state index is 10.7. The predicted octanol–water partition coefficient (Wildman–Crippen LogP) is 1.39. The zero-order valence-electron chi connectivity index (χ0n) is 7.60. The van der Waals surface area contributed by atoms with Gasteiger partial charge in [-0.25, -0.2) is 0 Å². The number of carboxylic acids is 1. The monoisotopic (exact) mass is 191 g/mol. The minimum Gasteiger partial charge on any atom is -0.497 e. The van der Waals surface area contributed by atoms with E-state index in [1.54, 1.807) is 30.3 Å². The molecule has 0 bridgehead atoms. The third kappa shape index (κ3) is 2.02. The Kier molecular flexibility index (Phi) is 3.08. The average molecular weight is 191 g/mol. The Balaban J connectivity index is 3.06. The number of aliphatic carboxylic acids is 1. The van der Waals surface area contributed by atoms with Crippen molar-refractivity contribution < 1.29 is 14.6 Å². The first kappa shape index (κ1) is 10.1. The summed E-state index contributed by atoms with van der Waals surface area (Å²) in [4.78, 5) is 10.7. The fraction of sp³-hybridized carbons (Fsp3) is 0.200. The SMILES string of the molecule is COc1cccc(C(C#N)C(=O)O)c1. The molecule has 0 radical (unpaired) electrons. The smallest absolute Gasteiger partial charge is 0.325 e. The number of nitriles is 1. The van der Waals surface area contributed by atoms with Gasteiger partial charge in [-0.05, 0) is 17.7 Å². The number of methoxy groups -OCH3 is 1. The first-order valence-corrected chi connectivity index (χ1v) is 3.95. The van der Waals surface area contributed by atoms with Crippen molar-refractivity contribution in [2.75, 3.05) is 7.11 Å². The Morgan fingerprint density at radius 2 is 2.36 bits per heavy atom. The van der Waals surface area contributed by atoms with Crippen LogP contribution in [0.2, 0.25) is 0 Å². The summed E-state index contributed by atoms with van der Waals surface area (Å²) >= 11 is 0. The number of benzene rings is 1. The highest BCUT2D eigenvalue weighted by molar-refractivity contribution is 5.79. The van der Waals surface area contributed by atoms with Gasteiger partial charge in [0.2, 0.25) is 0 Å². The first-order valence-electron chi connectivity index (χ1n) is 3.95. The largest absolute Gasteiger partial charge is 0.497 e. The molecule has 1 atom stereocenters. The van der Waals surface area contributed by atoms with Crippen molar-refractivity contribution in [3.8, 4) is 11.8 Å². The molecule has 4 nitrogen and oxygen atoms in total. The zero-order chi connectivity index (χ0) is 10.6. The lowest BCUT2D eigenvalue weighted by Crippen LogP contribution is -2.09. The zero-order valence-corrected chi connectivity index (χ0v) is 7.60. The third-order valence-corrected chi connectivity index (χ3v) is 1.80. The van der Waals surface area contributed by atoms with Crippen LogP contribution in [-0.4, -0.2) is 18.2 Å². The number of hydrogen-bond donors (Lipinski definition) is 1. The molecule has 0 aromatic heterocycles. The molecule has 1 N–H and O–H groups in total. The van der Waals surface area contributed by atoms with Gasteiger partial charge in [0.05, 0.1) is 13.2 Å². The lowest BCUT2D eigenvalue weighted by Gasteiger charge is -2.05. The van der Waals surface area contributed by atoms with Crippen molar-refractivity contribution >= 4 is 5.97 Å². The Labute approximate surface area is 81.4 Å². The van der Waals surface area contributed by atoms with Crippen LogP contribution in [0.3, 0.4) is 0 Å². The summed E-state index contributed by atoms with van der Waals surface area (Å²) in [5.41, 5.74) is 0.430. The number of carboxylic acid groups (broad SMARTS) is 1. The molecule has 0 fully saturated rings. The molecule has 0 aliphatic heterocycles. The Bertz CT molecular complexity index is 381. The van der Waals surface area contributed by atoms with E-state index in [-0.39, 0.29) is 0 Å². The summed E-state index contributed by atoms with van der Waals surface area (Å²) in [7, 11) is 1.49. The van der Waals surface area contributed by atoms with Crippen molar-refractivity contribution in [2.24, 2.45) is 0 Å². The molecule has 0 aliphatic carbocycles. The molecule has 1 unspecified atom stereocenters. The molecular formula is C10H9NO3. The average Bonchev–Trinajstić information content (AvgIpc) is 2.19. The van der Waals surface area contributed by atoms with Crippen LogP contribution in [0.15, 0.2) is 24.3 Å². The molecule has 1 aromatic rings. The lowest BCUT2D eigenvalue weighted by atomic mass is 10.0. The van der Waals surface area contributed by atoms with Crippen molar-refractivity contribution in [2.45, 2.75) is 5.92 Å². The van der Waals surface area contributed by atoms with Crippen molar-refractivity contribution in [3.63, 3.8) is 0 Å². The van der Waals surface area contributed by atoms with Crippen molar-refractivity contribution in [1.29, 1.82) is 5.26 Å². The summed E-state index contributed by atoms with van der Waals surface area (Å²) < 4.78 is 4.93. The van der Waals surface area contributed by atoms with E-state index in [0.717, 1.165) is 0 Å². The van der Waals surface area contributed by atoms with Gasteiger partial charge in [-0.2, -0.15) is 5.26 Å². The Hall–Kier alpha value is -2.02. The summed E-state index contributed by atoms with van der Waals surface area (Å²) in [5, 5.41) is 17.4. The van der Waals surface area contributed by atoms with Crippen molar-refractivity contribution in [1.82, 2.24) is 0 Å². The van der Waals surface area contributed by atoms with E-state index in [1.165, 1.54) is 7.11 Å². The fourth-order valence-corrected chi connectivity index (χ4v) is 1.09. The predicted molar refractivity (Wildman–Crippen MR) is 49.0 cm³/mol. The Morgan fingerprint density at radius 1 is 1.64 bits per heavy atom.